The minimum absolute atomic E-state index is 0.0295. The third-order valence-corrected chi connectivity index (χ3v) is 2.74. The molecule has 2 rings (SSSR count). The van der Waals surface area contributed by atoms with Gasteiger partial charge in [-0.15, -0.1) is 0 Å². The number of anilines is 1. The van der Waals surface area contributed by atoms with Crippen LogP contribution in [-0.2, 0) is 17.9 Å². The van der Waals surface area contributed by atoms with E-state index in [0.717, 1.165) is 5.56 Å². The second kappa shape index (κ2) is 5.43. The largest absolute Gasteiger partial charge is 0.472 e. The first-order valence-corrected chi connectivity index (χ1v) is 5.77. The van der Waals surface area contributed by atoms with Gasteiger partial charge in [-0.1, -0.05) is 0 Å². The van der Waals surface area contributed by atoms with Gasteiger partial charge >= 0.3 is 0 Å². The van der Waals surface area contributed by atoms with Gasteiger partial charge in [-0.25, -0.2) is 0 Å². The van der Waals surface area contributed by atoms with E-state index in [9.17, 15) is 9.59 Å². The van der Waals surface area contributed by atoms with Crippen LogP contribution in [0.2, 0.25) is 0 Å². The van der Waals surface area contributed by atoms with E-state index in [1.807, 2.05) is 0 Å². The molecule has 2 aromatic heterocycles. The number of carbonyl (C=O) groups is 1. The van der Waals surface area contributed by atoms with Crippen LogP contribution in [0.4, 0.5) is 5.69 Å². The average molecular weight is 261 g/mol. The van der Waals surface area contributed by atoms with Crippen molar-refractivity contribution in [2.24, 2.45) is 0 Å². The molecule has 0 spiro atoms. The molecule has 0 fully saturated rings. The maximum absolute atomic E-state index is 12.0. The van der Waals surface area contributed by atoms with Crippen molar-refractivity contribution in [2.45, 2.75) is 13.1 Å². The molecule has 19 heavy (non-hydrogen) atoms. The lowest BCUT2D eigenvalue weighted by molar-refractivity contribution is -0.131. The van der Waals surface area contributed by atoms with Crippen LogP contribution in [0.15, 0.2) is 46.1 Å². The lowest BCUT2D eigenvalue weighted by atomic mass is 10.3. The molecule has 0 aliphatic carbocycles. The Labute approximate surface area is 110 Å². The summed E-state index contributed by atoms with van der Waals surface area (Å²) in [5.41, 5.74) is 6.69. The third-order valence-electron chi connectivity index (χ3n) is 2.74. The summed E-state index contributed by atoms with van der Waals surface area (Å²) in [7, 11) is 1.67. The van der Waals surface area contributed by atoms with Gasteiger partial charge in [0.2, 0.25) is 5.91 Å². The van der Waals surface area contributed by atoms with Crippen molar-refractivity contribution in [3.8, 4) is 0 Å². The summed E-state index contributed by atoms with van der Waals surface area (Å²) in [6.45, 7) is 0.407. The second-order valence-corrected chi connectivity index (χ2v) is 4.31. The fraction of sp³-hybridized carbons (Fsp3) is 0.231. The summed E-state index contributed by atoms with van der Waals surface area (Å²) in [4.78, 5) is 25.1. The van der Waals surface area contributed by atoms with Gasteiger partial charge in [0.05, 0.1) is 12.5 Å². The second-order valence-electron chi connectivity index (χ2n) is 4.31. The maximum atomic E-state index is 12.0. The summed E-state index contributed by atoms with van der Waals surface area (Å²) >= 11 is 0. The van der Waals surface area contributed by atoms with E-state index in [1.54, 1.807) is 25.6 Å². The van der Waals surface area contributed by atoms with E-state index in [1.165, 1.54) is 27.8 Å². The summed E-state index contributed by atoms with van der Waals surface area (Å²) in [6, 6.07) is 4.65. The molecule has 2 aromatic rings. The molecule has 0 saturated carbocycles. The lowest BCUT2D eigenvalue weighted by Crippen LogP contribution is -2.33. The minimum Gasteiger partial charge on any atom is -0.472 e. The molecule has 0 unspecified atom stereocenters. The number of pyridine rings is 1. The summed E-state index contributed by atoms with van der Waals surface area (Å²) in [5.74, 6) is -0.172. The van der Waals surface area contributed by atoms with Crippen LogP contribution >= 0.6 is 0 Å². The maximum Gasteiger partial charge on any atom is 0.251 e. The Hall–Kier alpha value is -2.50. The van der Waals surface area contributed by atoms with Crippen molar-refractivity contribution in [3.63, 3.8) is 0 Å². The van der Waals surface area contributed by atoms with E-state index in [2.05, 4.69) is 0 Å². The van der Waals surface area contributed by atoms with Crippen molar-refractivity contribution < 1.29 is 9.21 Å². The number of likely N-dealkylation sites (N-methyl/N-ethyl adjacent to an activating group) is 1. The van der Waals surface area contributed by atoms with Gasteiger partial charge in [-0.3, -0.25) is 9.59 Å². The van der Waals surface area contributed by atoms with Crippen LogP contribution in [0.25, 0.3) is 0 Å². The highest BCUT2D eigenvalue weighted by atomic mass is 16.3. The molecule has 0 radical (unpaired) electrons. The molecule has 0 aliphatic heterocycles. The molecule has 6 heteroatoms. The van der Waals surface area contributed by atoms with E-state index in [4.69, 9.17) is 10.2 Å². The Bertz CT molecular complexity index is 616. The lowest BCUT2D eigenvalue weighted by Gasteiger charge is -2.17. The van der Waals surface area contributed by atoms with Crippen molar-refractivity contribution >= 4 is 11.6 Å². The van der Waals surface area contributed by atoms with Gasteiger partial charge in [0, 0.05) is 37.1 Å². The first-order valence-electron chi connectivity index (χ1n) is 5.77. The van der Waals surface area contributed by atoms with Crippen LogP contribution in [0, 0.1) is 0 Å². The Morgan fingerprint density at radius 1 is 1.42 bits per heavy atom. The first kappa shape index (κ1) is 12.9. The molecule has 6 nitrogen and oxygen atoms in total. The first-order chi connectivity index (χ1) is 9.06. The van der Waals surface area contributed by atoms with Crippen LogP contribution < -0.4 is 11.3 Å². The number of amides is 1. The molecule has 0 aliphatic rings. The highest BCUT2D eigenvalue weighted by molar-refractivity contribution is 5.75. The number of nitrogens with two attached hydrogens (primary N) is 1. The number of aromatic nitrogens is 1. The van der Waals surface area contributed by atoms with Crippen LogP contribution in [0.5, 0.6) is 0 Å². The Kier molecular flexibility index (Phi) is 3.70. The van der Waals surface area contributed by atoms with Crippen molar-refractivity contribution in [1.29, 1.82) is 0 Å². The zero-order valence-corrected chi connectivity index (χ0v) is 10.6. The SMILES string of the molecule is CN(Cc1ccoc1)C(=O)Cn1cc(N)ccc1=O. The number of carbonyl (C=O) groups excluding carboxylic acids is 1. The smallest absolute Gasteiger partial charge is 0.251 e. The number of nitrogens with zero attached hydrogens (tertiary/aromatic N) is 2. The molecule has 2 N–H and O–H groups in total. The van der Waals surface area contributed by atoms with Crippen LogP contribution in [0.3, 0.4) is 0 Å². The summed E-state index contributed by atoms with van der Waals surface area (Å²) in [5, 5.41) is 0. The highest BCUT2D eigenvalue weighted by Crippen LogP contribution is 2.04. The predicted octanol–water partition coefficient (Wildman–Crippen LogP) is 0.682. The molecule has 1 amide bonds. The molecule has 0 bridgehead atoms. The van der Waals surface area contributed by atoms with Crippen molar-refractivity contribution in [3.05, 3.63) is 52.8 Å². The predicted molar refractivity (Wildman–Crippen MR) is 70.3 cm³/mol. The van der Waals surface area contributed by atoms with Gasteiger partial charge in [0.25, 0.3) is 5.56 Å². The topological polar surface area (TPSA) is 81.5 Å². The minimum atomic E-state index is -0.251. The molecule has 0 aromatic carbocycles. The third kappa shape index (κ3) is 3.25. The zero-order valence-electron chi connectivity index (χ0n) is 10.6. The highest BCUT2D eigenvalue weighted by Gasteiger charge is 2.11. The standard InChI is InChI=1S/C13H15N3O3/c1-15(6-10-4-5-19-9-10)13(18)8-16-7-11(14)2-3-12(16)17/h2-5,7,9H,6,8,14H2,1H3. The summed E-state index contributed by atoms with van der Waals surface area (Å²) in [6.07, 6.45) is 4.60. The molecule has 0 atom stereocenters. The van der Waals surface area contributed by atoms with Crippen molar-refractivity contribution in [2.75, 3.05) is 12.8 Å². The molecular weight excluding hydrogens is 246 g/mol. The van der Waals surface area contributed by atoms with Gasteiger partial charge in [-0.2, -0.15) is 0 Å². The molecule has 100 valence electrons. The number of furan rings is 1. The van der Waals surface area contributed by atoms with E-state index < -0.39 is 0 Å². The van der Waals surface area contributed by atoms with E-state index >= 15 is 0 Å². The van der Waals surface area contributed by atoms with Crippen LogP contribution in [0.1, 0.15) is 5.56 Å². The number of hydrogen-bond acceptors (Lipinski definition) is 4. The van der Waals surface area contributed by atoms with Gasteiger partial charge < -0.3 is 19.6 Å². The van der Waals surface area contributed by atoms with Gasteiger partial charge in [-0.05, 0) is 12.1 Å². The number of nitrogen functional groups attached to an aromatic ring is 1. The molecule has 2 heterocycles. The fourth-order valence-electron chi connectivity index (χ4n) is 1.68. The van der Waals surface area contributed by atoms with E-state index in [-0.39, 0.29) is 18.0 Å². The monoisotopic (exact) mass is 261 g/mol. The van der Waals surface area contributed by atoms with Gasteiger partial charge in [0.15, 0.2) is 0 Å². The van der Waals surface area contributed by atoms with Crippen molar-refractivity contribution in [1.82, 2.24) is 9.47 Å². The van der Waals surface area contributed by atoms with E-state index in [0.29, 0.717) is 12.2 Å². The Balaban J connectivity index is 2.04. The normalized spacial score (nSPS) is 10.4. The Morgan fingerprint density at radius 2 is 2.21 bits per heavy atom. The van der Waals surface area contributed by atoms with Crippen LogP contribution in [-0.4, -0.2) is 22.4 Å². The Morgan fingerprint density at radius 3 is 2.89 bits per heavy atom. The quantitative estimate of drug-likeness (QED) is 0.877. The number of hydrogen-bond donors (Lipinski definition) is 1. The zero-order chi connectivity index (χ0) is 13.8. The molecule has 0 saturated heterocycles. The fourth-order valence-corrected chi connectivity index (χ4v) is 1.68. The summed E-state index contributed by atoms with van der Waals surface area (Å²) < 4.78 is 6.23. The molecular formula is C13H15N3O3. The average Bonchev–Trinajstić information content (AvgIpc) is 2.86. The van der Waals surface area contributed by atoms with Gasteiger partial charge in [0.1, 0.15) is 6.54 Å². The number of rotatable bonds is 4.